The molecule has 0 spiro atoms. The third kappa shape index (κ3) is 1.64. The third-order valence-electron chi connectivity index (χ3n) is 1.99. The second-order valence-corrected chi connectivity index (χ2v) is 4.37. The number of benzene rings is 1. The summed E-state index contributed by atoms with van der Waals surface area (Å²) in [6.07, 6.45) is 0. The van der Waals surface area contributed by atoms with Gasteiger partial charge in [0.05, 0.1) is 0 Å². The van der Waals surface area contributed by atoms with E-state index in [0.29, 0.717) is 16.9 Å². The third-order valence-corrected chi connectivity index (χ3v) is 3.67. The number of thioether (sulfide) groups is 1. The maximum absolute atomic E-state index is 12.9. The van der Waals surface area contributed by atoms with E-state index in [0.717, 1.165) is 4.90 Å². The van der Waals surface area contributed by atoms with Gasteiger partial charge in [-0.1, -0.05) is 15.9 Å². The first-order valence-electron chi connectivity index (χ1n) is 3.98. The molecule has 1 nitrogen and oxygen atoms in total. The molecule has 0 amide bonds. The zero-order chi connectivity index (χ0) is 10.1. The van der Waals surface area contributed by atoms with Crippen molar-refractivity contribution in [3.63, 3.8) is 0 Å². The fourth-order valence-electron chi connectivity index (χ4n) is 1.28. The summed E-state index contributed by atoms with van der Waals surface area (Å²) in [7, 11) is 0. The summed E-state index contributed by atoms with van der Waals surface area (Å²) in [5, 5.41) is 0. The number of halogens is 2. The fraction of sp³-hybridized carbons (Fsp3) is 0.100. The Hall–Kier alpha value is -0.610. The van der Waals surface area contributed by atoms with Crippen LogP contribution in [-0.2, 0) is 0 Å². The number of carbonyl (C=O) groups excluding carboxylic acids is 1. The van der Waals surface area contributed by atoms with Crippen LogP contribution in [0.5, 0.6) is 0 Å². The Labute approximate surface area is 93.5 Å². The van der Waals surface area contributed by atoms with Crippen LogP contribution in [-0.4, -0.2) is 11.5 Å². The van der Waals surface area contributed by atoms with E-state index in [1.54, 1.807) is 22.8 Å². The Bertz CT molecular complexity index is 428. The van der Waals surface area contributed by atoms with Gasteiger partial charge in [0.2, 0.25) is 0 Å². The molecule has 0 fully saturated rings. The number of fused-ring (bicyclic) bond motifs is 1. The van der Waals surface area contributed by atoms with E-state index in [4.69, 9.17) is 0 Å². The minimum atomic E-state index is -0.367. The van der Waals surface area contributed by atoms with Crippen molar-refractivity contribution in [2.45, 2.75) is 4.90 Å². The van der Waals surface area contributed by atoms with Crippen LogP contribution < -0.4 is 0 Å². The lowest BCUT2D eigenvalue weighted by Crippen LogP contribution is -2.12. The highest BCUT2D eigenvalue weighted by molar-refractivity contribution is 9.11. The molecule has 1 aromatic carbocycles. The van der Waals surface area contributed by atoms with Gasteiger partial charge in [0.15, 0.2) is 5.78 Å². The van der Waals surface area contributed by atoms with Gasteiger partial charge in [0, 0.05) is 21.8 Å². The molecule has 0 aliphatic carbocycles. The Morgan fingerprint density at radius 1 is 1.50 bits per heavy atom. The highest BCUT2D eigenvalue weighted by Crippen LogP contribution is 2.33. The van der Waals surface area contributed by atoms with Crippen molar-refractivity contribution >= 4 is 33.5 Å². The first-order chi connectivity index (χ1) is 6.72. The van der Waals surface area contributed by atoms with E-state index in [-0.39, 0.29) is 11.6 Å². The van der Waals surface area contributed by atoms with E-state index >= 15 is 0 Å². The van der Waals surface area contributed by atoms with Crippen LogP contribution in [0.25, 0.3) is 0 Å². The van der Waals surface area contributed by atoms with E-state index in [9.17, 15) is 9.18 Å². The van der Waals surface area contributed by atoms with Gasteiger partial charge < -0.3 is 0 Å². The monoisotopic (exact) mass is 272 g/mol. The molecule has 14 heavy (non-hydrogen) atoms. The summed E-state index contributed by atoms with van der Waals surface area (Å²) in [5.41, 5.74) is 1.14. The standard InChI is InChI=1S/C10H6BrFOS/c11-4-6-5-14-9-2-1-7(12)3-8(9)10(6)13/h1-4H,5H2. The van der Waals surface area contributed by atoms with Crippen molar-refractivity contribution in [1.82, 2.24) is 0 Å². The Balaban J connectivity index is 2.54. The predicted octanol–water partition coefficient (Wildman–Crippen LogP) is 3.39. The molecule has 4 heteroatoms. The molecule has 0 N–H and O–H groups in total. The summed E-state index contributed by atoms with van der Waals surface area (Å²) in [6, 6.07) is 4.32. The highest BCUT2D eigenvalue weighted by atomic mass is 79.9. The van der Waals surface area contributed by atoms with Gasteiger partial charge in [-0.25, -0.2) is 4.39 Å². The number of hydrogen-bond acceptors (Lipinski definition) is 2. The summed E-state index contributed by atoms with van der Waals surface area (Å²) in [5.74, 6) is 0.187. The fourth-order valence-corrected chi connectivity index (χ4v) is 2.86. The van der Waals surface area contributed by atoms with Crippen molar-refractivity contribution in [2.24, 2.45) is 0 Å². The van der Waals surface area contributed by atoms with Gasteiger partial charge in [0.1, 0.15) is 5.82 Å². The number of carbonyl (C=O) groups is 1. The molecule has 2 rings (SSSR count). The maximum atomic E-state index is 12.9. The molecule has 0 unspecified atom stereocenters. The molecule has 1 aliphatic rings. The van der Waals surface area contributed by atoms with Crippen molar-refractivity contribution in [2.75, 3.05) is 5.75 Å². The van der Waals surface area contributed by atoms with Gasteiger partial charge in [-0.2, -0.15) is 0 Å². The smallest absolute Gasteiger partial charge is 0.191 e. The molecule has 0 saturated heterocycles. The number of hydrogen-bond donors (Lipinski definition) is 0. The second-order valence-electron chi connectivity index (χ2n) is 2.89. The molecule has 72 valence electrons. The van der Waals surface area contributed by atoms with Crippen LogP contribution in [0.1, 0.15) is 10.4 Å². The molecule has 0 aromatic heterocycles. The topological polar surface area (TPSA) is 17.1 Å². The normalized spacial score (nSPS) is 18.4. The van der Waals surface area contributed by atoms with Gasteiger partial charge >= 0.3 is 0 Å². The van der Waals surface area contributed by atoms with Crippen molar-refractivity contribution in [3.8, 4) is 0 Å². The van der Waals surface area contributed by atoms with E-state index in [2.05, 4.69) is 15.9 Å². The Kier molecular flexibility index (Phi) is 2.74. The molecule has 0 bridgehead atoms. The van der Waals surface area contributed by atoms with Crippen LogP contribution in [0.2, 0.25) is 0 Å². The predicted molar refractivity (Wildman–Crippen MR) is 58.5 cm³/mol. The van der Waals surface area contributed by atoms with Gasteiger partial charge in [-0.3, -0.25) is 4.79 Å². The first-order valence-corrected chi connectivity index (χ1v) is 5.89. The SMILES string of the molecule is O=C1C(=CBr)CSc2ccc(F)cc21. The minimum Gasteiger partial charge on any atom is -0.289 e. The lowest BCUT2D eigenvalue weighted by atomic mass is 10.1. The van der Waals surface area contributed by atoms with Crippen molar-refractivity contribution < 1.29 is 9.18 Å². The number of rotatable bonds is 0. The molecular weight excluding hydrogens is 267 g/mol. The van der Waals surface area contributed by atoms with E-state index in [1.807, 2.05) is 0 Å². The zero-order valence-electron chi connectivity index (χ0n) is 7.09. The molecule has 0 atom stereocenters. The highest BCUT2D eigenvalue weighted by Gasteiger charge is 2.22. The van der Waals surface area contributed by atoms with Crippen LogP contribution >= 0.6 is 27.7 Å². The lowest BCUT2D eigenvalue weighted by molar-refractivity contribution is 0.103. The van der Waals surface area contributed by atoms with Crippen LogP contribution in [0.4, 0.5) is 4.39 Å². The number of Topliss-reactive ketones (excluding diaryl/α,β-unsaturated/α-hetero) is 1. The van der Waals surface area contributed by atoms with Crippen LogP contribution in [0, 0.1) is 5.82 Å². The lowest BCUT2D eigenvalue weighted by Gasteiger charge is -2.15. The van der Waals surface area contributed by atoms with Crippen molar-refractivity contribution in [3.05, 3.63) is 40.1 Å². The first kappa shape index (κ1) is 9.93. The van der Waals surface area contributed by atoms with E-state index in [1.165, 1.54) is 12.1 Å². The summed E-state index contributed by atoms with van der Waals surface area (Å²) < 4.78 is 12.9. The molecular formula is C10H6BrFOS. The molecule has 1 aromatic rings. The van der Waals surface area contributed by atoms with Gasteiger partial charge in [0.25, 0.3) is 0 Å². The zero-order valence-corrected chi connectivity index (χ0v) is 9.49. The van der Waals surface area contributed by atoms with E-state index < -0.39 is 0 Å². The Morgan fingerprint density at radius 3 is 3.00 bits per heavy atom. The number of ketones is 1. The summed E-state index contributed by atoms with van der Waals surface area (Å²) in [4.78, 5) is 14.2. The average Bonchev–Trinajstić information content (AvgIpc) is 2.20. The molecule has 1 aliphatic heterocycles. The minimum absolute atomic E-state index is 0.0878. The summed E-state index contributed by atoms with van der Waals surface area (Å²) in [6.45, 7) is 0. The molecule has 0 saturated carbocycles. The molecule has 0 radical (unpaired) electrons. The second kappa shape index (κ2) is 3.87. The maximum Gasteiger partial charge on any atom is 0.191 e. The Morgan fingerprint density at radius 2 is 2.29 bits per heavy atom. The van der Waals surface area contributed by atoms with Gasteiger partial charge in [-0.05, 0) is 23.2 Å². The molecule has 1 heterocycles. The van der Waals surface area contributed by atoms with Crippen molar-refractivity contribution in [1.29, 1.82) is 0 Å². The quantitative estimate of drug-likeness (QED) is 0.674. The summed E-state index contributed by atoms with van der Waals surface area (Å²) >= 11 is 4.68. The van der Waals surface area contributed by atoms with Crippen LogP contribution in [0.15, 0.2) is 33.7 Å². The van der Waals surface area contributed by atoms with Gasteiger partial charge in [-0.15, -0.1) is 11.8 Å². The average molecular weight is 273 g/mol. The van der Waals surface area contributed by atoms with Crippen LogP contribution in [0.3, 0.4) is 0 Å². The largest absolute Gasteiger partial charge is 0.289 e.